The lowest BCUT2D eigenvalue weighted by Crippen LogP contribution is -2.09. The van der Waals surface area contributed by atoms with Crippen molar-refractivity contribution < 1.29 is 13.5 Å². The Morgan fingerprint density at radius 1 is 1.36 bits per heavy atom. The van der Waals surface area contributed by atoms with Gasteiger partial charge in [-0.05, 0) is 28.1 Å². The maximum atomic E-state index is 13.3. The fourth-order valence-electron chi connectivity index (χ4n) is 0.959. The van der Waals surface area contributed by atoms with Gasteiger partial charge in [-0.25, -0.2) is 8.78 Å². The molecule has 0 aliphatic rings. The van der Waals surface area contributed by atoms with Crippen molar-refractivity contribution in [1.29, 1.82) is 0 Å². The zero-order chi connectivity index (χ0) is 10.6. The summed E-state index contributed by atoms with van der Waals surface area (Å²) in [5.74, 6) is -1.23. The molecule has 0 saturated carbocycles. The van der Waals surface area contributed by atoms with Crippen molar-refractivity contribution >= 4 is 15.9 Å². The van der Waals surface area contributed by atoms with Gasteiger partial charge in [0.1, 0.15) is 11.6 Å². The molecule has 1 rings (SSSR count). The van der Waals surface area contributed by atoms with Crippen LogP contribution >= 0.6 is 15.9 Å². The summed E-state index contributed by atoms with van der Waals surface area (Å²) < 4.78 is 31.6. The van der Waals surface area contributed by atoms with Gasteiger partial charge in [0, 0.05) is 6.54 Å². The SMILES string of the molecule is NCCOCc1c(F)ccc(Br)c1F. The molecule has 0 saturated heterocycles. The van der Waals surface area contributed by atoms with Gasteiger partial charge >= 0.3 is 0 Å². The van der Waals surface area contributed by atoms with E-state index in [0.29, 0.717) is 6.54 Å². The highest BCUT2D eigenvalue weighted by Crippen LogP contribution is 2.21. The van der Waals surface area contributed by atoms with Gasteiger partial charge in [-0.15, -0.1) is 0 Å². The van der Waals surface area contributed by atoms with E-state index in [2.05, 4.69) is 15.9 Å². The summed E-state index contributed by atoms with van der Waals surface area (Å²) in [7, 11) is 0. The molecule has 5 heteroatoms. The van der Waals surface area contributed by atoms with E-state index in [-0.39, 0.29) is 23.2 Å². The van der Waals surface area contributed by atoms with E-state index in [1.807, 2.05) is 0 Å². The zero-order valence-electron chi connectivity index (χ0n) is 7.40. The summed E-state index contributed by atoms with van der Waals surface area (Å²) >= 11 is 2.97. The molecule has 0 atom stereocenters. The van der Waals surface area contributed by atoms with Crippen LogP contribution in [-0.2, 0) is 11.3 Å². The molecule has 2 N–H and O–H groups in total. The predicted molar refractivity (Wildman–Crippen MR) is 52.8 cm³/mol. The smallest absolute Gasteiger partial charge is 0.145 e. The van der Waals surface area contributed by atoms with E-state index in [0.717, 1.165) is 0 Å². The maximum Gasteiger partial charge on any atom is 0.145 e. The Balaban J connectivity index is 2.79. The summed E-state index contributed by atoms with van der Waals surface area (Å²) in [5, 5.41) is 0. The maximum absolute atomic E-state index is 13.3. The van der Waals surface area contributed by atoms with Crippen molar-refractivity contribution in [2.24, 2.45) is 5.73 Å². The molecule has 1 aromatic rings. The molecule has 78 valence electrons. The van der Waals surface area contributed by atoms with Gasteiger partial charge in [-0.2, -0.15) is 0 Å². The molecule has 2 nitrogen and oxygen atoms in total. The summed E-state index contributed by atoms with van der Waals surface area (Å²) in [4.78, 5) is 0. The van der Waals surface area contributed by atoms with E-state index >= 15 is 0 Å². The third-order valence-corrected chi connectivity index (χ3v) is 2.26. The molecule has 0 bridgehead atoms. The highest BCUT2D eigenvalue weighted by atomic mass is 79.9. The van der Waals surface area contributed by atoms with Crippen molar-refractivity contribution in [3.05, 3.63) is 33.8 Å². The normalized spacial score (nSPS) is 10.6. The Labute approximate surface area is 89.2 Å². The molecular weight excluding hydrogens is 256 g/mol. The topological polar surface area (TPSA) is 35.2 Å². The van der Waals surface area contributed by atoms with Crippen molar-refractivity contribution in [3.63, 3.8) is 0 Å². The average molecular weight is 266 g/mol. The van der Waals surface area contributed by atoms with Gasteiger partial charge in [-0.1, -0.05) is 0 Å². The Morgan fingerprint density at radius 3 is 2.71 bits per heavy atom. The van der Waals surface area contributed by atoms with E-state index in [9.17, 15) is 8.78 Å². The molecule has 0 aliphatic heterocycles. The second-order valence-corrected chi connectivity index (χ2v) is 3.52. The average Bonchev–Trinajstić information content (AvgIpc) is 2.18. The van der Waals surface area contributed by atoms with E-state index in [1.54, 1.807) is 0 Å². The third-order valence-electron chi connectivity index (χ3n) is 1.65. The number of ether oxygens (including phenoxy) is 1. The lowest BCUT2D eigenvalue weighted by Gasteiger charge is -2.06. The molecule has 0 fully saturated rings. The van der Waals surface area contributed by atoms with Crippen LogP contribution in [0, 0.1) is 11.6 Å². The molecule has 0 aliphatic carbocycles. The Kier molecular flexibility index (Phi) is 4.44. The van der Waals surface area contributed by atoms with Crippen LogP contribution in [0.3, 0.4) is 0 Å². The summed E-state index contributed by atoms with van der Waals surface area (Å²) in [6.07, 6.45) is 0. The second-order valence-electron chi connectivity index (χ2n) is 2.66. The van der Waals surface area contributed by atoms with Crippen LogP contribution in [0.4, 0.5) is 8.78 Å². The molecule has 0 spiro atoms. The Hall–Kier alpha value is -0.520. The van der Waals surface area contributed by atoms with E-state index in [1.165, 1.54) is 12.1 Å². The fourth-order valence-corrected chi connectivity index (χ4v) is 1.33. The van der Waals surface area contributed by atoms with Gasteiger partial charge in [0.15, 0.2) is 0 Å². The lowest BCUT2D eigenvalue weighted by atomic mass is 10.2. The first-order valence-electron chi connectivity index (χ1n) is 4.07. The van der Waals surface area contributed by atoms with Gasteiger partial charge in [-0.3, -0.25) is 0 Å². The second kappa shape index (κ2) is 5.38. The third kappa shape index (κ3) is 2.73. The van der Waals surface area contributed by atoms with Crippen LogP contribution in [-0.4, -0.2) is 13.2 Å². The molecule has 0 unspecified atom stereocenters. The van der Waals surface area contributed by atoms with E-state index in [4.69, 9.17) is 10.5 Å². The highest BCUT2D eigenvalue weighted by molar-refractivity contribution is 9.10. The minimum atomic E-state index is -0.623. The predicted octanol–water partition coefficient (Wildman–Crippen LogP) is 2.20. The number of benzene rings is 1. The lowest BCUT2D eigenvalue weighted by molar-refractivity contribution is 0.123. The largest absolute Gasteiger partial charge is 0.375 e. The Morgan fingerprint density at radius 2 is 2.07 bits per heavy atom. The molecule has 1 aromatic carbocycles. The first kappa shape index (κ1) is 11.6. The summed E-state index contributed by atoms with van der Waals surface area (Å²) in [6, 6.07) is 2.51. The fraction of sp³-hybridized carbons (Fsp3) is 0.333. The van der Waals surface area contributed by atoms with Crippen LogP contribution < -0.4 is 5.73 Å². The summed E-state index contributed by atoms with van der Waals surface area (Å²) in [5.41, 5.74) is 5.10. The minimum absolute atomic E-state index is 0.0761. The van der Waals surface area contributed by atoms with Crippen molar-refractivity contribution in [2.45, 2.75) is 6.61 Å². The number of nitrogens with two attached hydrogens (primary N) is 1. The van der Waals surface area contributed by atoms with Gasteiger partial charge in [0.2, 0.25) is 0 Å². The molecular formula is C9H10BrF2NO. The molecule has 0 amide bonds. The Bertz CT molecular complexity index is 320. The molecule has 14 heavy (non-hydrogen) atoms. The minimum Gasteiger partial charge on any atom is -0.375 e. The van der Waals surface area contributed by atoms with Crippen molar-refractivity contribution in [1.82, 2.24) is 0 Å². The van der Waals surface area contributed by atoms with Crippen LogP contribution in [0.5, 0.6) is 0 Å². The van der Waals surface area contributed by atoms with E-state index < -0.39 is 11.6 Å². The van der Waals surface area contributed by atoms with Crippen molar-refractivity contribution in [3.8, 4) is 0 Å². The van der Waals surface area contributed by atoms with Gasteiger partial charge in [0.25, 0.3) is 0 Å². The molecule has 0 radical (unpaired) electrons. The standard InChI is InChI=1S/C9H10BrF2NO/c10-7-1-2-8(11)6(9(7)12)5-14-4-3-13/h1-2H,3-5,13H2. The van der Waals surface area contributed by atoms with Crippen molar-refractivity contribution in [2.75, 3.05) is 13.2 Å². The number of hydrogen-bond donors (Lipinski definition) is 1. The molecule has 0 heterocycles. The van der Waals surface area contributed by atoms with Crippen LogP contribution in [0.2, 0.25) is 0 Å². The van der Waals surface area contributed by atoms with Crippen LogP contribution in [0.15, 0.2) is 16.6 Å². The van der Waals surface area contributed by atoms with Gasteiger partial charge in [0.05, 0.1) is 23.2 Å². The highest BCUT2D eigenvalue weighted by Gasteiger charge is 2.11. The quantitative estimate of drug-likeness (QED) is 0.669. The number of halogens is 3. The monoisotopic (exact) mass is 265 g/mol. The molecule has 0 aromatic heterocycles. The van der Waals surface area contributed by atoms with Crippen LogP contribution in [0.25, 0.3) is 0 Å². The van der Waals surface area contributed by atoms with Gasteiger partial charge < -0.3 is 10.5 Å². The van der Waals surface area contributed by atoms with Crippen LogP contribution in [0.1, 0.15) is 5.56 Å². The first-order chi connectivity index (χ1) is 6.66. The number of hydrogen-bond acceptors (Lipinski definition) is 2. The summed E-state index contributed by atoms with van der Waals surface area (Å²) in [6.45, 7) is 0.511. The zero-order valence-corrected chi connectivity index (χ0v) is 8.98. The number of rotatable bonds is 4. The first-order valence-corrected chi connectivity index (χ1v) is 4.86.